The highest BCUT2D eigenvalue weighted by Gasteiger charge is 2.51. The van der Waals surface area contributed by atoms with Crippen LogP contribution in [0.3, 0.4) is 0 Å². The van der Waals surface area contributed by atoms with Crippen LogP contribution >= 0.6 is 0 Å². The fourth-order valence-corrected chi connectivity index (χ4v) is 5.84. The van der Waals surface area contributed by atoms with Crippen LogP contribution in [0.2, 0.25) is 0 Å². The van der Waals surface area contributed by atoms with Crippen molar-refractivity contribution in [2.75, 3.05) is 49.9 Å². The molecule has 2 saturated heterocycles. The van der Waals surface area contributed by atoms with E-state index in [1.165, 1.54) is 31.3 Å². The average molecular weight is 547 g/mol. The maximum atomic E-state index is 13.4. The number of alkyl halides is 3. The number of H-pyrrole nitrogens is 1. The van der Waals surface area contributed by atoms with E-state index in [4.69, 9.17) is 0 Å². The molecule has 2 aromatic heterocycles. The number of aromatic nitrogens is 3. The molecule has 2 aromatic rings. The molecule has 13 heteroatoms. The molecular formula is C26H33F3N8O2. The van der Waals surface area contributed by atoms with Gasteiger partial charge < -0.3 is 20.4 Å². The topological polar surface area (TPSA) is 109 Å². The summed E-state index contributed by atoms with van der Waals surface area (Å²) < 4.78 is 39.4. The number of carbonyl (C=O) groups excluding carboxylic acids is 2. The number of nitrogens with one attached hydrogen (secondary N) is 3. The maximum Gasteiger partial charge on any atom is 0.405 e. The Balaban J connectivity index is 1.22. The Kier molecular flexibility index (Phi) is 6.64. The number of carbonyl (C=O) groups is 2. The number of likely N-dealkylation sites (tertiary alicyclic amines) is 1. The van der Waals surface area contributed by atoms with E-state index < -0.39 is 12.7 Å². The third-order valence-electron chi connectivity index (χ3n) is 8.33. The zero-order chi connectivity index (χ0) is 27.2. The number of piperazine rings is 1. The molecule has 4 fully saturated rings. The number of hydrogen-bond acceptors (Lipinski definition) is 6. The van der Waals surface area contributed by atoms with Gasteiger partial charge in [-0.25, -0.2) is 4.79 Å². The first-order valence-corrected chi connectivity index (χ1v) is 13.7. The van der Waals surface area contributed by atoms with Gasteiger partial charge in [-0.1, -0.05) is 0 Å². The summed E-state index contributed by atoms with van der Waals surface area (Å²) in [5, 5.41) is 12.1. The number of rotatable bonds is 6. The molecule has 4 heterocycles. The van der Waals surface area contributed by atoms with Gasteiger partial charge in [0.25, 0.3) is 5.91 Å². The number of urea groups is 1. The fraction of sp³-hybridized carbons (Fsp3) is 0.615. The van der Waals surface area contributed by atoms with Gasteiger partial charge in [-0.2, -0.15) is 18.3 Å². The number of pyridine rings is 1. The van der Waals surface area contributed by atoms with Crippen molar-refractivity contribution in [1.29, 1.82) is 0 Å². The van der Waals surface area contributed by atoms with Gasteiger partial charge in [-0.3, -0.25) is 19.8 Å². The van der Waals surface area contributed by atoms with Crippen LogP contribution in [0.15, 0.2) is 18.5 Å². The normalized spacial score (nSPS) is 21.2. The molecule has 2 aliphatic heterocycles. The number of nitrogens with zero attached hydrogens (tertiary/aromatic N) is 5. The molecule has 0 atom stereocenters. The standard InChI is InChI=1S/C26H33F3N8O2/c27-26(28,29)16-31-19-13-20(30-14-18(19)23(38)36-11-9-35(10-12-36)17-3-4-17)22-21(15-32-34-22)33-24(39)37-8-2-1-5-25(37)6-7-25/h13-15,17H,1-12,16H2,(H,30,31)(H,32,34)(H,33,39). The largest absolute Gasteiger partial charge is 0.405 e. The third kappa shape index (κ3) is 5.54. The van der Waals surface area contributed by atoms with Gasteiger partial charge in [0, 0.05) is 50.5 Å². The lowest BCUT2D eigenvalue weighted by Gasteiger charge is -2.36. The molecule has 2 aliphatic carbocycles. The minimum atomic E-state index is -4.47. The summed E-state index contributed by atoms with van der Waals surface area (Å²) in [6, 6.07) is 1.79. The molecule has 39 heavy (non-hydrogen) atoms. The lowest BCUT2D eigenvalue weighted by molar-refractivity contribution is -0.115. The van der Waals surface area contributed by atoms with Crippen LogP contribution in [0.1, 0.15) is 55.3 Å². The number of piperidine rings is 1. The zero-order valence-electron chi connectivity index (χ0n) is 21.7. The molecule has 0 unspecified atom stereocenters. The van der Waals surface area contributed by atoms with Crippen LogP contribution in [0.25, 0.3) is 11.4 Å². The third-order valence-corrected chi connectivity index (χ3v) is 8.33. The summed E-state index contributed by atoms with van der Waals surface area (Å²) in [4.78, 5) is 36.8. The molecule has 0 aromatic carbocycles. The first-order chi connectivity index (χ1) is 18.7. The smallest absolute Gasteiger partial charge is 0.376 e. The molecule has 4 aliphatic rings. The fourth-order valence-electron chi connectivity index (χ4n) is 5.84. The predicted molar refractivity (Wildman–Crippen MR) is 138 cm³/mol. The van der Waals surface area contributed by atoms with Crippen molar-refractivity contribution in [3.05, 3.63) is 24.0 Å². The molecule has 1 spiro atoms. The van der Waals surface area contributed by atoms with Gasteiger partial charge in [0.15, 0.2) is 0 Å². The van der Waals surface area contributed by atoms with Gasteiger partial charge in [0.05, 0.1) is 28.8 Å². The second-order valence-corrected chi connectivity index (χ2v) is 11.1. The molecule has 2 saturated carbocycles. The Morgan fingerprint density at radius 3 is 2.49 bits per heavy atom. The second kappa shape index (κ2) is 10.00. The summed E-state index contributed by atoms with van der Waals surface area (Å²) in [6.07, 6.45) is 5.71. The van der Waals surface area contributed by atoms with Gasteiger partial charge in [0.2, 0.25) is 0 Å². The van der Waals surface area contributed by atoms with Crippen molar-refractivity contribution >= 4 is 23.3 Å². The van der Waals surface area contributed by atoms with E-state index in [9.17, 15) is 22.8 Å². The monoisotopic (exact) mass is 546 g/mol. The first-order valence-electron chi connectivity index (χ1n) is 13.7. The number of anilines is 2. The Bertz CT molecular complexity index is 1230. The summed E-state index contributed by atoms with van der Waals surface area (Å²) >= 11 is 0. The Morgan fingerprint density at radius 1 is 1.03 bits per heavy atom. The van der Waals surface area contributed by atoms with E-state index in [1.807, 2.05) is 4.90 Å². The average Bonchev–Trinajstić information content (AvgIpc) is 3.86. The van der Waals surface area contributed by atoms with Crippen molar-refractivity contribution in [2.24, 2.45) is 0 Å². The van der Waals surface area contributed by atoms with E-state index in [2.05, 4.69) is 30.7 Å². The van der Waals surface area contributed by atoms with Gasteiger partial charge >= 0.3 is 12.2 Å². The SMILES string of the molecule is O=C(c1cnc(-c2[nH]ncc2NC(=O)N2CCCCC23CC3)cc1NCC(F)(F)F)N1CCN(C2CC2)CC1. The molecule has 10 nitrogen and oxygen atoms in total. The van der Waals surface area contributed by atoms with Crippen molar-refractivity contribution in [1.82, 2.24) is 29.9 Å². The summed E-state index contributed by atoms with van der Waals surface area (Å²) in [5.41, 5.74) is 1.07. The Labute approximate surface area is 224 Å². The number of amides is 3. The Morgan fingerprint density at radius 2 is 1.79 bits per heavy atom. The molecular weight excluding hydrogens is 513 g/mol. The van der Waals surface area contributed by atoms with Crippen LogP contribution in [0.4, 0.5) is 29.3 Å². The van der Waals surface area contributed by atoms with Crippen LogP contribution in [-0.4, -0.2) is 98.8 Å². The van der Waals surface area contributed by atoms with Crippen molar-refractivity contribution in [2.45, 2.75) is 62.7 Å². The number of hydrogen-bond donors (Lipinski definition) is 3. The minimum absolute atomic E-state index is 0.0341. The number of halogens is 3. The maximum absolute atomic E-state index is 13.4. The van der Waals surface area contributed by atoms with Crippen LogP contribution in [0, 0.1) is 0 Å². The molecule has 3 amide bonds. The van der Waals surface area contributed by atoms with Crippen LogP contribution in [-0.2, 0) is 0 Å². The van der Waals surface area contributed by atoms with Gasteiger partial charge in [-0.15, -0.1) is 0 Å². The second-order valence-electron chi connectivity index (χ2n) is 11.1. The lowest BCUT2D eigenvalue weighted by atomic mass is 10.0. The molecule has 0 radical (unpaired) electrons. The Hall–Kier alpha value is -3.35. The molecule has 210 valence electrons. The van der Waals surface area contributed by atoms with Crippen molar-refractivity contribution in [3.63, 3.8) is 0 Å². The minimum Gasteiger partial charge on any atom is -0.376 e. The van der Waals surface area contributed by atoms with Crippen LogP contribution < -0.4 is 10.6 Å². The highest BCUT2D eigenvalue weighted by atomic mass is 19.4. The van der Waals surface area contributed by atoms with Crippen LogP contribution in [0.5, 0.6) is 0 Å². The lowest BCUT2D eigenvalue weighted by Crippen LogP contribution is -2.49. The molecule has 0 bridgehead atoms. The van der Waals surface area contributed by atoms with E-state index in [0.29, 0.717) is 37.1 Å². The summed E-state index contributed by atoms with van der Waals surface area (Å²) in [7, 11) is 0. The quantitative estimate of drug-likeness (QED) is 0.507. The first kappa shape index (κ1) is 25.9. The zero-order valence-corrected chi connectivity index (χ0v) is 21.7. The summed E-state index contributed by atoms with van der Waals surface area (Å²) in [5.74, 6) is -0.355. The highest BCUT2D eigenvalue weighted by Crippen LogP contribution is 2.48. The molecule has 6 rings (SSSR count). The van der Waals surface area contributed by atoms with E-state index in [1.54, 1.807) is 4.90 Å². The summed E-state index contributed by atoms with van der Waals surface area (Å²) in [6.45, 7) is 1.94. The van der Waals surface area contributed by atoms with E-state index >= 15 is 0 Å². The number of aromatic amines is 1. The highest BCUT2D eigenvalue weighted by molar-refractivity contribution is 6.00. The van der Waals surface area contributed by atoms with E-state index in [-0.39, 0.29) is 34.4 Å². The van der Waals surface area contributed by atoms with Gasteiger partial charge in [-0.05, 0) is 51.0 Å². The predicted octanol–water partition coefficient (Wildman–Crippen LogP) is 3.92. The van der Waals surface area contributed by atoms with Crippen molar-refractivity contribution in [3.8, 4) is 11.4 Å². The van der Waals surface area contributed by atoms with E-state index in [0.717, 1.165) is 45.2 Å². The van der Waals surface area contributed by atoms with Gasteiger partial charge in [0.1, 0.15) is 12.2 Å². The van der Waals surface area contributed by atoms with Crippen molar-refractivity contribution < 1.29 is 22.8 Å². The molecule has 3 N–H and O–H groups in total.